The molecule has 0 aliphatic rings. The fourth-order valence-corrected chi connectivity index (χ4v) is 3.46. The summed E-state index contributed by atoms with van der Waals surface area (Å²) in [5, 5.41) is 7.81. The Kier molecular flexibility index (Phi) is 5.95. The number of nitrogens with one attached hydrogen (secondary N) is 1. The van der Waals surface area contributed by atoms with Crippen LogP contribution in [0.2, 0.25) is 0 Å². The third kappa shape index (κ3) is 4.61. The number of esters is 1. The number of aromatic nitrogens is 2. The monoisotopic (exact) mass is 417 g/mol. The largest absolute Gasteiger partial charge is 0.495 e. The summed E-state index contributed by atoms with van der Waals surface area (Å²) < 4.78 is 42.2. The highest BCUT2D eigenvalue weighted by Gasteiger charge is 2.21. The zero-order valence-electron chi connectivity index (χ0n) is 16.0. The average Bonchev–Trinajstić information content (AvgIpc) is 3.20. The molecule has 1 aromatic heterocycles. The predicted octanol–water partition coefficient (Wildman–Crippen LogP) is 2.32. The molecule has 152 valence electrons. The number of benzene rings is 2. The second-order valence-corrected chi connectivity index (χ2v) is 7.87. The van der Waals surface area contributed by atoms with Crippen molar-refractivity contribution in [3.05, 3.63) is 59.5 Å². The molecule has 3 aromatic rings. The van der Waals surface area contributed by atoms with Crippen LogP contribution >= 0.6 is 0 Å². The fraction of sp³-hybridized carbons (Fsp3) is 0.211. The van der Waals surface area contributed by atoms with E-state index in [-0.39, 0.29) is 28.7 Å². The summed E-state index contributed by atoms with van der Waals surface area (Å²) in [5.41, 5.74) is 1.84. The van der Waals surface area contributed by atoms with Gasteiger partial charge in [-0.25, -0.2) is 17.9 Å². The van der Waals surface area contributed by atoms with E-state index in [0.29, 0.717) is 5.89 Å². The van der Waals surface area contributed by atoms with Gasteiger partial charge in [-0.1, -0.05) is 17.7 Å². The molecular formula is C19H19N3O6S. The van der Waals surface area contributed by atoms with Gasteiger partial charge >= 0.3 is 5.97 Å². The van der Waals surface area contributed by atoms with E-state index in [1.165, 1.54) is 32.4 Å². The number of nitrogens with zero attached hydrogens (tertiary/aromatic N) is 2. The van der Waals surface area contributed by atoms with Crippen LogP contribution in [0.1, 0.15) is 21.8 Å². The van der Waals surface area contributed by atoms with E-state index in [1.807, 2.05) is 31.2 Å². The molecule has 0 aliphatic carbocycles. The number of sulfonamides is 1. The SMILES string of the molecule is CNS(=O)(=O)c1cc(C(=O)OCc2nnc(-c3cccc(C)c3)o2)ccc1OC. The van der Waals surface area contributed by atoms with Crippen LogP contribution < -0.4 is 9.46 Å². The van der Waals surface area contributed by atoms with Gasteiger partial charge in [-0.3, -0.25) is 0 Å². The van der Waals surface area contributed by atoms with Crippen LogP contribution in [0.15, 0.2) is 51.8 Å². The molecular weight excluding hydrogens is 398 g/mol. The van der Waals surface area contributed by atoms with Gasteiger partial charge < -0.3 is 13.9 Å². The van der Waals surface area contributed by atoms with Crippen LogP contribution in [-0.4, -0.2) is 38.7 Å². The van der Waals surface area contributed by atoms with Crippen molar-refractivity contribution >= 4 is 16.0 Å². The van der Waals surface area contributed by atoms with Gasteiger partial charge in [0.15, 0.2) is 6.61 Å². The summed E-state index contributed by atoms with van der Waals surface area (Å²) in [6.07, 6.45) is 0. The molecule has 10 heteroatoms. The van der Waals surface area contributed by atoms with E-state index in [1.54, 1.807) is 0 Å². The molecule has 0 atom stereocenters. The molecule has 0 aliphatic heterocycles. The van der Waals surface area contributed by atoms with E-state index in [2.05, 4.69) is 14.9 Å². The number of ether oxygens (including phenoxy) is 2. The molecule has 0 bridgehead atoms. The van der Waals surface area contributed by atoms with Crippen molar-refractivity contribution in [1.82, 2.24) is 14.9 Å². The normalized spacial score (nSPS) is 11.3. The van der Waals surface area contributed by atoms with Crippen molar-refractivity contribution in [2.45, 2.75) is 18.4 Å². The highest BCUT2D eigenvalue weighted by atomic mass is 32.2. The lowest BCUT2D eigenvalue weighted by atomic mass is 10.1. The van der Waals surface area contributed by atoms with Crippen LogP contribution in [0.5, 0.6) is 5.75 Å². The van der Waals surface area contributed by atoms with Crippen LogP contribution in [0, 0.1) is 6.92 Å². The third-order valence-corrected chi connectivity index (χ3v) is 5.45. The minimum Gasteiger partial charge on any atom is -0.495 e. The van der Waals surface area contributed by atoms with Crippen molar-refractivity contribution < 1.29 is 27.1 Å². The Morgan fingerprint density at radius 3 is 2.66 bits per heavy atom. The highest BCUT2D eigenvalue weighted by Crippen LogP contribution is 2.25. The summed E-state index contributed by atoms with van der Waals surface area (Å²) >= 11 is 0. The first kappa shape index (κ1) is 20.5. The minimum atomic E-state index is -3.82. The standard InChI is InChI=1S/C19H19N3O6S/c1-12-5-4-6-13(9-12)18-22-21-17(28-18)11-27-19(23)14-7-8-15(26-3)16(10-14)29(24,25)20-2/h4-10,20H,11H2,1-3H3. The smallest absolute Gasteiger partial charge is 0.338 e. The van der Waals surface area contributed by atoms with Gasteiger partial charge in [0.2, 0.25) is 15.9 Å². The molecule has 3 rings (SSSR count). The minimum absolute atomic E-state index is 0.0399. The topological polar surface area (TPSA) is 121 Å². The molecule has 1 N–H and O–H groups in total. The van der Waals surface area contributed by atoms with Crippen molar-refractivity contribution in [3.63, 3.8) is 0 Å². The van der Waals surface area contributed by atoms with Gasteiger partial charge in [0.05, 0.1) is 12.7 Å². The number of hydrogen-bond donors (Lipinski definition) is 1. The molecule has 0 spiro atoms. The molecule has 2 aromatic carbocycles. The summed E-state index contributed by atoms with van der Waals surface area (Å²) in [6, 6.07) is 11.5. The van der Waals surface area contributed by atoms with E-state index in [4.69, 9.17) is 13.9 Å². The molecule has 0 amide bonds. The van der Waals surface area contributed by atoms with E-state index in [9.17, 15) is 13.2 Å². The molecule has 0 saturated carbocycles. The van der Waals surface area contributed by atoms with Gasteiger partial charge in [-0.15, -0.1) is 10.2 Å². The molecule has 1 heterocycles. The first-order valence-corrected chi connectivity index (χ1v) is 10.0. The fourth-order valence-electron chi connectivity index (χ4n) is 2.54. The second-order valence-electron chi connectivity index (χ2n) is 6.02. The van der Waals surface area contributed by atoms with Crippen molar-refractivity contribution in [1.29, 1.82) is 0 Å². The summed E-state index contributed by atoms with van der Waals surface area (Å²) in [4.78, 5) is 12.2. The molecule has 9 nitrogen and oxygen atoms in total. The summed E-state index contributed by atoms with van der Waals surface area (Å²) in [6.45, 7) is 1.69. The Morgan fingerprint density at radius 1 is 1.17 bits per heavy atom. The zero-order valence-corrected chi connectivity index (χ0v) is 16.8. The first-order valence-electron chi connectivity index (χ1n) is 8.52. The number of hydrogen-bond acceptors (Lipinski definition) is 8. The number of carbonyl (C=O) groups is 1. The van der Waals surface area contributed by atoms with Crippen LogP contribution in [-0.2, 0) is 21.4 Å². The maximum Gasteiger partial charge on any atom is 0.338 e. The Morgan fingerprint density at radius 2 is 1.97 bits per heavy atom. The Hall–Kier alpha value is -3.24. The number of rotatable bonds is 7. The Bertz CT molecular complexity index is 1140. The molecule has 0 fully saturated rings. The van der Waals surface area contributed by atoms with Crippen LogP contribution in [0.3, 0.4) is 0 Å². The van der Waals surface area contributed by atoms with Crippen LogP contribution in [0.25, 0.3) is 11.5 Å². The molecule has 0 saturated heterocycles. The molecule has 0 radical (unpaired) electrons. The predicted molar refractivity (Wildman–Crippen MR) is 103 cm³/mol. The third-order valence-electron chi connectivity index (χ3n) is 4.02. The Labute approximate surface area is 167 Å². The van der Waals surface area contributed by atoms with Gasteiger partial charge in [0.1, 0.15) is 10.6 Å². The van der Waals surface area contributed by atoms with E-state index >= 15 is 0 Å². The molecule has 0 unspecified atom stereocenters. The number of methoxy groups -OCH3 is 1. The second kappa shape index (κ2) is 8.41. The highest BCUT2D eigenvalue weighted by molar-refractivity contribution is 7.89. The lowest BCUT2D eigenvalue weighted by Gasteiger charge is -2.10. The van der Waals surface area contributed by atoms with E-state index < -0.39 is 16.0 Å². The first-order chi connectivity index (χ1) is 13.8. The average molecular weight is 417 g/mol. The van der Waals surface area contributed by atoms with Gasteiger partial charge in [0.25, 0.3) is 5.89 Å². The maximum absolute atomic E-state index is 12.3. The van der Waals surface area contributed by atoms with E-state index in [0.717, 1.165) is 11.1 Å². The van der Waals surface area contributed by atoms with Crippen molar-refractivity contribution in [2.75, 3.05) is 14.2 Å². The zero-order chi connectivity index (χ0) is 21.0. The summed E-state index contributed by atoms with van der Waals surface area (Å²) in [5.74, 6) is -0.204. The number of aryl methyl sites for hydroxylation is 1. The van der Waals surface area contributed by atoms with Crippen molar-refractivity contribution in [2.24, 2.45) is 0 Å². The van der Waals surface area contributed by atoms with Gasteiger partial charge in [-0.2, -0.15) is 0 Å². The van der Waals surface area contributed by atoms with Gasteiger partial charge in [0, 0.05) is 5.56 Å². The van der Waals surface area contributed by atoms with Crippen LogP contribution in [0.4, 0.5) is 0 Å². The van der Waals surface area contributed by atoms with Crippen molar-refractivity contribution in [3.8, 4) is 17.2 Å². The quantitative estimate of drug-likeness (QED) is 0.582. The molecule has 29 heavy (non-hydrogen) atoms. The lowest BCUT2D eigenvalue weighted by Crippen LogP contribution is -2.20. The van der Waals surface area contributed by atoms with Gasteiger partial charge in [-0.05, 0) is 44.3 Å². The lowest BCUT2D eigenvalue weighted by molar-refractivity contribution is 0.0438. The summed E-state index contributed by atoms with van der Waals surface area (Å²) in [7, 11) is -1.22. The maximum atomic E-state index is 12.3. The Balaban J connectivity index is 1.74. The number of carbonyl (C=O) groups excluding carboxylic acids is 1.